The van der Waals surface area contributed by atoms with Gasteiger partial charge in [0.2, 0.25) is 0 Å². The van der Waals surface area contributed by atoms with Crippen LogP contribution in [0.1, 0.15) is 13.3 Å². The Morgan fingerprint density at radius 2 is 2.50 bits per heavy atom. The fourth-order valence-corrected chi connectivity index (χ4v) is 2.98. The SMILES string of the molecule is CC(S)CC[SiH2]O[SiH3]. The highest BCUT2D eigenvalue weighted by Gasteiger charge is 1.92. The highest BCUT2D eigenvalue weighted by molar-refractivity contribution is 7.80. The second kappa shape index (κ2) is 5.87. The second-order valence-electron chi connectivity index (χ2n) is 1.98. The third kappa shape index (κ3) is 6.74. The van der Waals surface area contributed by atoms with Crippen molar-refractivity contribution >= 4 is 32.9 Å². The van der Waals surface area contributed by atoms with Gasteiger partial charge < -0.3 is 4.12 Å². The van der Waals surface area contributed by atoms with Crippen molar-refractivity contribution in [2.24, 2.45) is 0 Å². The lowest BCUT2D eigenvalue weighted by atomic mass is 10.4. The van der Waals surface area contributed by atoms with E-state index in [4.69, 9.17) is 4.12 Å². The lowest BCUT2D eigenvalue weighted by molar-refractivity contribution is 0.653. The first-order valence-electron chi connectivity index (χ1n) is 2.94. The van der Waals surface area contributed by atoms with Gasteiger partial charge in [0.05, 0.1) is 0 Å². The standard InChI is InChI=1S/C4H14OSSi2/c1-4(6)2-3-8-5-7/h4,6H,2-3,8H2,1,7H3. The van der Waals surface area contributed by atoms with Gasteiger partial charge in [0.25, 0.3) is 0 Å². The minimum Gasteiger partial charge on any atom is -0.468 e. The minimum atomic E-state index is -0.108. The topological polar surface area (TPSA) is 9.23 Å². The fourth-order valence-electron chi connectivity index (χ4n) is 0.523. The molecule has 0 rings (SSSR count). The van der Waals surface area contributed by atoms with Crippen molar-refractivity contribution in [2.45, 2.75) is 24.6 Å². The molecular formula is C4H14OSSi2. The van der Waals surface area contributed by atoms with Gasteiger partial charge >= 0.3 is 0 Å². The van der Waals surface area contributed by atoms with Gasteiger partial charge in [-0.05, 0) is 17.7 Å². The molecular weight excluding hydrogens is 152 g/mol. The van der Waals surface area contributed by atoms with E-state index in [9.17, 15) is 0 Å². The van der Waals surface area contributed by atoms with Crippen LogP contribution in [0.3, 0.4) is 0 Å². The molecule has 0 N–H and O–H groups in total. The smallest absolute Gasteiger partial charge is 0.145 e. The number of hydrogen-bond donors (Lipinski definition) is 1. The van der Waals surface area contributed by atoms with Crippen LogP contribution in [0, 0.1) is 0 Å². The molecule has 1 atom stereocenters. The Bertz CT molecular complexity index is 51.3. The monoisotopic (exact) mass is 166 g/mol. The number of hydrogen-bond acceptors (Lipinski definition) is 2. The Labute approximate surface area is 62.1 Å². The van der Waals surface area contributed by atoms with Crippen LogP contribution in [0.5, 0.6) is 0 Å². The van der Waals surface area contributed by atoms with Crippen molar-refractivity contribution in [3.05, 3.63) is 0 Å². The van der Waals surface area contributed by atoms with Crippen LogP contribution in [0.15, 0.2) is 0 Å². The zero-order chi connectivity index (χ0) is 6.41. The summed E-state index contributed by atoms with van der Waals surface area (Å²) in [5.74, 6) is 0. The lowest BCUT2D eigenvalue weighted by Gasteiger charge is -2.00. The summed E-state index contributed by atoms with van der Waals surface area (Å²) in [7, 11) is 0.828. The molecule has 0 aliphatic carbocycles. The predicted molar refractivity (Wildman–Crippen MR) is 47.4 cm³/mol. The van der Waals surface area contributed by atoms with Gasteiger partial charge in [-0.1, -0.05) is 6.92 Å². The summed E-state index contributed by atoms with van der Waals surface area (Å²) >= 11 is 4.25. The normalized spacial score (nSPS) is 15.8. The highest BCUT2D eigenvalue weighted by atomic mass is 32.1. The average molecular weight is 166 g/mol. The van der Waals surface area contributed by atoms with Crippen LogP contribution in [-0.4, -0.2) is 25.5 Å². The van der Waals surface area contributed by atoms with Crippen molar-refractivity contribution in [1.29, 1.82) is 0 Å². The molecule has 0 aromatic carbocycles. The minimum absolute atomic E-state index is 0.108. The van der Waals surface area contributed by atoms with Crippen LogP contribution in [0.2, 0.25) is 6.04 Å². The van der Waals surface area contributed by atoms with Crippen molar-refractivity contribution in [1.82, 2.24) is 0 Å². The zero-order valence-corrected chi connectivity index (χ0v) is 9.86. The van der Waals surface area contributed by atoms with Crippen LogP contribution in [0.25, 0.3) is 0 Å². The van der Waals surface area contributed by atoms with Gasteiger partial charge in [0.1, 0.15) is 20.2 Å². The van der Waals surface area contributed by atoms with Gasteiger partial charge in [-0.2, -0.15) is 12.6 Å². The molecule has 0 bridgehead atoms. The zero-order valence-electron chi connectivity index (χ0n) is 5.55. The Morgan fingerprint density at radius 1 is 1.88 bits per heavy atom. The third-order valence-electron chi connectivity index (χ3n) is 0.970. The van der Waals surface area contributed by atoms with E-state index in [0.717, 1.165) is 10.5 Å². The Hall–Kier alpha value is 0.744. The van der Waals surface area contributed by atoms with Gasteiger partial charge in [-0.25, -0.2) is 0 Å². The van der Waals surface area contributed by atoms with Crippen molar-refractivity contribution < 1.29 is 4.12 Å². The van der Waals surface area contributed by atoms with Gasteiger partial charge in [-0.15, -0.1) is 0 Å². The quantitative estimate of drug-likeness (QED) is 0.336. The summed E-state index contributed by atoms with van der Waals surface area (Å²) in [4.78, 5) is 0. The molecule has 0 spiro atoms. The highest BCUT2D eigenvalue weighted by Crippen LogP contribution is 2.01. The molecule has 0 radical (unpaired) electrons. The van der Waals surface area contributed by atoms with Gasteiger partial charge in [0, 0.05) is 0 Å². The molecule has 0 aromatic rings. The van der Waals surface area contributed by atoms with E-state index in [-0.39, 0.29) is 9.76 Å². The summed E-state index contributed by atoms with van der Waals surface area (Å²) in [5, 5.41) is 0.569. The molecule has 1 unspecified atom stereocenters. The summed E-state index contributed by atoms with van der Waals surface area (Å²) in [6, 6.07) is 1.30. The maximum absolute atomic E-state index is 5.14. The summed E-state index contributed by atoms with van der Waals surface area (Å²) in [6.45, 7) is 2.13. The van der Waals surface area contributed by atoms with E-state index in [1.807, 2.05) is 0 Å². The van der Waals surface area contributed by atoms with Gasteiger partial charge in [-0.3, -0.25) is 0 Å². The molecule has 1 nitrogen and oxygen atoms in total. The molecule has 0 heterocycles. The van der Waals surface area contributed by atoms with E-state index < -0.39 is 0 Å². The lowest BCUT2D eigenvalue weighted by Crippen LogP contribution is -1.98. The van der Waals surface area contributed by atoms with E-state index in [0.29, 0.717) is 5.25 Å². The Kier molecular flexibility index (Phi) is 6.42. The molecule has 50 valence electrons. The van der Waals surface area contributed by atoms with Gasteiger partial charge in [0.15, 0.2) is 0 Å². The van der Waals surface area contributed by atoms with Crippen molar-refractivity contribution in [3.63, 3.8) is 0 Å². The summed E-state index contributed by atoms with van der Waals surface area (Å²) in [6.07, 6.45) is 1.23. The molecule has 0 fully saturated rings. The van der Waals surface area contributed by atoms with Crippen LogP contribution >= 0.6 is 12.6 Å². The first kappa shape index (κ1) is 8.74. The van der Waals surface area contributed by atoms with Crippen LogP contribution in [-0.2, 0) is 4.12 Å². The molecule has 0 saturated heterocycles. The van der Waals surface area contributed by atoms with Crippen LogP contribution in [0.4, 0.5) is 0 Å². The fraction of sp³-hybridized carbons (Fsp3) is 1.00. The van der Waals surface area contributed by atoms with Crippen LogP contribution < -0.4 is 0 Å². The Morgan fingerprint density at radius 3 is 2.88 bits per heavy atom. The molecule has 4 heteroatoms. The molecule has 0 amide bonds. The maximum Gasteiger partial charge on any atom is 0.145 e. The molecule has 0 aromatic heterocycles. The van der Waals surface area contributed by atoms with E-state index in [1.54, 1.807) is 0 Å². The molecule has 0 aliphatic rings. The maximum atomic E-state index is 5.14. The van der Waals surface area contributed by atoms with E-state index in [2.05, 4.69) is 19.6 Å². The van der Waals surface area contributed by atoms with E-state index >= 15 is 0 Å². The molecule has 8 heavy (non-hydrogen) atoms. The molecule has 0 saturated carbocycles. The first-order valence-corrected chi connectivity index (χ1v) is 5.85. The van der Waals surface area contributed by atoms with Crippen molar-refractivity contribution in [3.8, 4) is 0 Å². The number of rotatable bonds is 4. The summed E-state index contributed by atoms with van der Waals surface area (Å²) < 4.78 is 5.14. The van der Waals surface area contributed by atoms with Crippen molar-refractivity contribution in [2.75, 3.05) is 0 Å². The Balaban J connectivity index is 2.72. The average Bonchev–Trinajstić information content (AvgIpc) is 1.66. The molecule has 0 aliphatic heterocycles. The number of thiol groups is 1. The third-order valence-corrected chi connectivity index (χ3v) is 3.56. The predicted octanol–water partition coefficient (Wildman–Crippen LogP) is -0.506. The summed E-state index contributed by atoms with van der Waals surface area (Å²) in [5.41, 5.74) is 0. The second-order valence-corrected chi connectivity index (χ2v) is 6.29. The van der Waals surface area contributed by atoms with E-state index in [1.165, 1.54) is 12.5 Å². The first-order chi connectivity index (χ1) is 3.77. The largest absolute Gasteiger partial charge is 0.468 e.